The normalized spacial score (nSPS) is 15.9. The maximum Gasteiger partial charge on any atom is 0.256 e. The van der Waals surface area contributed by atoms with Crippen LogP contribution in [0.4, 0.5) is 5.69 Å². The molecule has 3 aromatic carbocycles. The molecule has 1 fully saturated rings. The molecule has 0 bridgehead atoms. The average molecular weight is 653 g/mol. The lowest BCUT2D eigenvalue weighted by atomic mass is 10.1. The molecule has 210 valence electrons. The molecule has 6 nitrogen and oxygen atoms in total. The van der Waals surface area contributed by atoms with Crippen LogP contribution in [0.1, 0.15) is 65.6 Å². The Bertz CT molecular complexity index is 1400. The van der Waals surface area contributed by atoms with Crippen LogP contribution in [0.15, 0.2) is 53.5 Å². The minimum absolute atomic E-state index is 0.0854. The molecule has 3 aromatic rings. The van der Waals surface area contributed by atoms with Gasteiger partial charge in [0.25, 0.3) is 5.91 Å². The SMILES string of the molecule is Cc1ccc(Oc2cc(OCCCCCCOc3cc4c(cc3C)C(=O)N3CCC[C@H]3C=N4)ccc2I)cc1C. The standard InChI is InChI=1S/C33H37IN2O4/c1-22-10-11-27(17-23(22)2)40-32-19-26(12-13-29(32)34)38-15-6-4-5-7-16-39-31-20-30-28(18-24(31)3)33(37)36-14-8-9-25(36)21-35-30/h10-13,17-21,25H,4-9,14-16H2,1-3H3/t25-/m0/s1. The molecule has 0 spiro atoms. The van der Waals surface area contributed by atoms with Crippen molar-refractivity contribution in [2.75, 3.05) is 19.8 Å². The van der Waals surface area contributed by atoms with Gasteiger partial charge in [-0.15, -0.1) is 0 Å². The molecule has 1 atom stereocenters. The monoisotopic (exact) mass is 652 g/mol. The van der Waals surface area contributed by atoms with Crippen LogP contribution in [0.5, 0.6) is 23.0 Å². The lowest BCUT2D eigenvalue weighted by Gasteiger charge is -2.20. The van der Waals surface area contributed by atoms with E-state index in [0.717, 1.165) is 82.9 Å². The van der Waals surface area contributed by atoms with Gasteiger partial charge in [0.05, 0.1) is 34.1 Å². The van der Waals surface area contributed by atoms with E-state index in [9.17, 15) is 4.79 Å². The number of hydrogen-bond donors (Lipinski definition) is 0. The number of aliphatic imine (C=N–C) groups is 1. The average Bonchev–Trinajstić information content (AvgIpc) is 3.37. The molecule has 0 radical (unpaired) electrons. The van der Waals surface area contributed by atoms with E-state index >= 15 is 0 Å². The van der Waals surface area contributed by atoms with Gasteiger partial charge in [0, 0.05) is 24.9 Å². The number of halogens is 1. The second kappa shape index (κ2) is 13.1. The molecule has 2 heterocycles. The maximum absolute atomic E-state index is 13.0. The fourth-order valence-electron chi connectivity index (χ4n) is 5.12. The lowest BCUT2D eigenvalue weighted by Crippen LogP contribution is -2.35. The number of carbonyl (C=O) groups excluding carboxylic acids is 1. The smallest absolute Gasteiger partial charge is 0.256 e. The van der Waals surface area contributed by atoms with Gasteiger partial charge < -0.3 is 19.1 Å². The Morgan fingerprint density at radius 2 is 1.62 bits per heavy atom. The molecule has 1 saturated heterocycles. The number of carbonyl (C=O) groups is 1. The molecule has 2 aliphatic rings. The molecule has 0 saturated carbocycles. The highest BCUT2D eigenvalue weighted by molar-refractivity contribution is 14.1. The Kier molecular flexibility index (Phi) is 9.29. The number of aryl methyl sites for hydroxylation is 3. The van der Waals surface area contributed by atoms with Crippen molar-refractivity contribution in [2.24, 2.45) is 4.99 Å². The third-order valence-electron chi connectivity index (χ3n) is 7.64. The zero-order valence-corrected chi connectivity index (χ0v) is 25.7. The summed E-state index contributed by atoms with van der Waals surface area (Å²) >= 11 is 2.29. The first-order chi connectivity index (χ1) is 19.4. The van der Waals surface area contributed by atoms with Crippen LogP contribution >= 0.6 is 22.6 Å². The van der Waals surface area contributed by atoms with Gasteiger partial charge in [-0.3, -0.25) is 9.79 Å². The Balaban J connectivity index is 1.03. The van der Waals surface area contributed by atoms with Crippen LogP contribution < -0.4 is 14.2 Å². The third kappa shape index (κ3) is 6.79. The van der Waals surface area contributed by atoms with Gasteiger partial charge in [-0.2, -0.15) is 0 Å². The summed E-state index contributed by atoms with van der Waals surface area (Å²) < 4.78 is 19.3. The predicted molar refractivity (Wildman–Crippen MR) is 168 cm³/mol. The molecule has 0 N–H and O–H groups in total. The Morgan fingerprint density at radius 1 is 0.850 bits per heavy atom. The number of amides is 1. The van der Waals surface area contributed by atoms with E-state index in [2.05, 4.69) is 53.6 Å². The molecule has 2 aliphatic heterocycles. The highest BCUT2D eigenvalue weighted by Gasteiger charge is 2.32. The van der Waals surface area contributed by atoms with Crippen molar-refractivity contribution in [3.63, 3.8) is 0 Å². The van der Waals surface area contributed by atoms with Crippen LogP contribution in [-0.4, -0.2) is 42.8 Å². The first-order valence-corrected chi connectivity index (χ1v) is 15.3. The van der Waals surface area contributed by atoms with Gasteiger partial charge in [-0.05, 0) is 129 Å². The second-order valence-corrected chi connectivity index (χ2v) is 11.8. The molecule has 0 unspecified atom stereocenters. The highest BCUT2D eigenvalue weighted by Crippen LogP contribution is 2.34. The molecular formula is C33H37IN2O4. The van der Waals surface area contributed by atoms with Gasteiger partial charge in [0.2, 0.25) is 0 Å². The Hall–Kier alpha value is -3.07. The summed E-state index contributed by atoms with van der Waals surface area (Å²) in [4.78, 5) is 19.5. The first-order valence-electron chi connectivity index (χ1n) is 14.2. The maximum atomic E-state index is 13.0. The topological polar surface area (TPSA) is 60.4 Å². The van der Waals surface area contributed by atoms with E-state index < -0.39 is 0 Å². The largest absolute Gasteiger partial charge is 0.493 e. The number of hydrogen-bond acceptors (Lipinski definition) is 5. The van der Waals surface area contributed by atoms with Crippen LogP contribution in [0, 0.1) is 24.3 Å². The van der Waals surface area contributed by atoms with Gasteiger partial charge in [-0.1, -0.05) is 6.07 Å². The second-order valence-electron chi connectivity index (χ2n) is 10.7. The highest BCUT2D eigenvalue weighted by atomic mass is 127. The van der Waals surface area contributed by atoms with Crippen LogP contribution in [0.3, 0.4) is 0 Å². The number of fused-ring (bicyclic) bond motifs is 2. The number of rotatable bonds is 11. The van der Waals surface area contributed by atoms with Crippen LogP contribution in [0.2, 0.25) is 0 Å². The van der Waals surface area contributed by atoms with Crippen LogP contribution in [0.25, 0.3) is 0 Å². The number of unbranched alkanes of at least 4 members (excludes halogenated alkanes) is 3. The van der Waals surface area contributed by atoms with Crippen molar-refractivity contribution < 1.29 is 19.0 Å². The van der Waals surface area contributed by atoms with Crippen molar-refractivity contribution in [3.05, 3.63) is 74.4 Å². The van der Waals surface area contributed by atoms with Gasteiger partial charge in [0.15, 0.2) is 0 Å². The lowest BCUT2D eigenvalue weighted by molar-refractivity contribution is 0.0774. The fourth-order valence-corrected chi connectivity index (χ4v) is 5.56. The summed E-state index contributed by atoms with van der Waals surface area (Å²) in [5, 5.41) is 0. The van der Waals surface area contributed by atoms with E-state index in [1.54, 1.807) is 0 Å². The van der Waals surface area contributed by atoms with Crippen molar-refractivity contribution in [3.8, 4) is 23.0 Å². The Labute approximate surface area is 250 Å². The fraction of sp³-hybridized carbons (Fsp3) is 0.394. The summed E-state index contributed by atoms with van der Waals surface area (Å²) in [6.07, 6.45) is 8.03. The zero-order valence-electron chi connectivity index (χ0n) is 23.5. The van der Waals surface area contributed by atoms with Gasteiger partial charge in [0.1, 0.15) is 23.0 Å². The van der Waals surface area contributed by atoms with E-state index in [4.69, 9.17) is 14.2 Å². The molecular weight excluding hydrogens is 615 g/mol. The molecule has 40 heavy (non-hydrogen) atoms. The minimum atomic E-state index is 0.0854. The predicted octanol–water partition coefficient (Wildman–Crippen LogP) is 8.35. The number of benzene rings is 3. The van der Waals surface area contributed by atoms with E-state index in [1.165, 1.54) is 11.1 Å². The molecule has 5 rings (SSSR count). The van der Waals surface area contributed by atoms with Crippen molar-refractivity contribution in [1.82, 2.24) is 4.90 Å². The Morgan fingerprint density at radius 3 is 2.42 bits per heavy atom. The van der Waals surface area contributed by atoms with Gasteiger partial charge in [-0.25, -0.2) is 0 Å². The third-order valence-corrected chi connectivity index (χ3v) is 8.53. The zero-order chi connectivity index (χ0) is 28.1. The summed E-state index contributed by atoms with van der Waals surface area (Å²) in [6.45, 7) is 8.31. The summed E-state index contributed by atoms with van der Waals surface area (Å²) in [5.74, 6) is 3.36. The minimum Gasteiger partial charge on any atom is -0.493 e. The van der Waals surface area contributed by atoms with Crippen molar-refractivity contribution >= 4 is 40.4 Å². The number of ether oxygens (including phenoxy) is 3. The van der Waals surface area contributed by atoms with Crippen molar-refractivity contribution in [2.45, 2.75) is 65.3 Å². The van der Waals surface area contributed by atoms with Crippen LogP contribution in [-0.2, 0) is 0 Å². The quantitative estimate of drug-likeness (QED) is 0.154. The molecule has 0 aromatic heterocycles. The molecule has 0 aliphatic carbocycles. The van der Waals surface area contributed by atoms with E-state index in [0.29, 0.717) is 18.8 Å². The molecule has 1 amide bonds. The number of nitrogens with zero attached hydrogens (tertiary/aromatic N) is 2. The van der Waals surface area contributed by atoms with E-state index in [1.807, 2.05) is 54.4 Å². The summed E-state index contributed by atoms with van der Waals surface area (Å²) in [7, 11) is 0. The van der Waals surface area contributed by atoms with Crippen molar-refractivity contribution in [1.29, 1.82) is 0 Å². The van der Waals surface area contributed by atoms with Gasteiger partial charge >= 0.3 is 0 Å². The summed E-state index contributed by atoms with van der Waals surface area (Å²) in [5.41, 5.74) is 4.84. The summed E-state index contributed by atoms with van der Waals surface area (Å²) in [6, 6.07) is 16.1. The van der Waals surface area contributed by atoms with E-state index in [-0.39, 0.29) is 11.9 Å². The molecule has 7 heteroatoms. The first kappa shape index (κ1) is 28.5.